The van der Waals surface area contributed by atoms with Crippen LogP contribution in [0, 0.1) is 12.8 Å². The average Bonchev–Trinajstić information content (AvgIpc) is 3.21. The first-order valence-corrected chi connectivity index (χ1v) is 8.49. The third-order valence-corrected chi connectivity index (χ3v) is 4.86. The molecule has 0 saturated heterocycles. The van der Waals surface area contributed by atoms with Crippen LogP contribution >= 0.6 is 0 Å². The Bertz CT molecular complexity index is 917. The number of nitrogens with zero attached hydrogens (tertiary/aromatic N) is 1. The Hall–Kier alpha value is -2.61. The molecule has 2 nitrogen and oxygen atoms in total. The Labute approximate surface area is 142 Å². The fourth-order valence-electron chi connectivity index (χ4n) is 3.46. The zero-order chi connectivity index (χ0) is 16.7. The Morgan fingerprint density at radius 2 is 1.88 bits per heavy atom. The fourth-order valence-corrected chi connectivity index (χ4v) is 3.46. The van der Waals surface area contributed by atoms with Crippen molar-refractivity contribution >= 4 is 6.08 Å². The summed E-state index contributed by atoms with van der Waals surface area (Å²) in [5.41, 5.74) is 6.99. The van der Waals surface area contributed by atoms with Gasteiger partial charge in [-0.2, -0.15) is 0 Å². The quantitative estimate of drug-likeness (QED) is 0.585. The first-order valence-electron chi connectivity index (χ1n) is 8.49. The molecular weight excluding hydrogens is 294 g/mol. The molecule has 0 N–H and O–H groups in total. The van der Waals surface area contributed by atoms with E-state index in [1.54, 1.807) is 0 Å². The third-order valence-electron chi connectivity index (χ3n) is 4.86. The van der Waals surface area contributed by atoms with Gasteiger partial charge in [-0.15, -0.1) is 0 Å². The lowest BCUT2D eigenvalue weighted by molar-refractivity contribution is 0.434. The lowest BCUT2D eigenvalue weighted by atomic mass is 9.89. The molecule has 2 heteroatoms. The molecule has 1 aliphatic rings. The predicted octanol–water partition coefficient (Wildman–Crippen LogP) is 6.08. The maximum absolute atomic E-state index is 5.60. The molecule has 2 aromatic carbocycles. The van der Waals surface area contributed by atoms with Gasteiger partial charge < -0.3 is 4.52 Å². The Morgan fingerprint density at radius 1 is 1.04 bits per heavy atom. The van der Waals surface area contributed by atoms with E-state index < -0.39 is 0 Å². The summed E-state index contributed by atoms with van der Waals surface area (Å²) in [4.78, 5) is 0. The maximum Gasteiger partial charge on any atom is 0.167 e. The van der Waals surface area contributed by atoms with Crippen molar-refractivity contribution in [2.24, 2.45) is 5.92 Å². The van der Waals surface area contributed by atoms with Crippen LogP contribution in [0.4, 0.5) is 0 Å². The number of hydrogen-bond acceptors (Lipinski definition) is 2. The van der Waals surface area contributed by atoms with Crippen LogP contribution in [0.5, 0.6) is 0 Å². The van der Waals surface area contributed by atoms with E-state index >= 15 is 0 Å². The van der Waals surface area contributed by atoms with Crippen LogP contribution in [0.2, 0.25) is 0 Å². The van der Waals surface area contributed by atoms with Gasteiger partial charge in [-0.1, -0.05) is 67.6 Å². The molecule has 4 rings (SSSR count). The van der Waals surface area contributed by atoms with Crippen molar-refractivity contribution in [1.82, 2.24) is 5.16 Å². The van der Waals surface area contributed by atoms with Crippen molar-refractivity contribution < 1.29 is 4.52 Å². The van der Waals surface area contributed by atoms with Crippen LogP contribution in [-0.2, 0) is 0 Å². The van der Waals surface area contributed by atoms with Crippen molar-refractivity contribution in [1.29, 1.82) is 0 Å². The predicted molar refractivity (Wildman–Crippen MR) is 98.7 cm³/mol. The second-order valence-corrected chi connectivity index (χ2v) is 6.86. The zero-order valence-corrected chi connectivity index (χ0v) is 14.3. The van der Waals surface area contributed by atoms with Crippen LogP contribution in [0.3, 0.4) is 0 Å². The van der Waals surface area contributed by atoms with E-state index in [9.17, 15) is 0 Å². The molecule has 1 atom stereocenters. The number of allylic oxidation sites excluding steroid dienone is 1. The lowest BCUT2D eigenvalue weighted by Crippen LogP contribution is -2.01. The molecule has 1 aromatic heterocycles. The average molecular weight is 315 g/mol. The minimum Gasteiger partial charge on any atom is -0.356 e. The van der Waals surface area contributed by atoms with E-state index in [1.807, 2.05) is 18.2 Å². The highest BCUT2D eigenvalue weighted by atomic mass is 16.5. The van der Waals surface area contributed by atoms with Crippen LogP contribution in [0.25, 0.3) is 28.7 Å². The van der Waals surface area contributed by atoms with E-state index in [4.69, 9.17) is 4.52 Å². The summed E-state index contributed by atoms with van der Waals surface area (Å²) in [6.07, 6.45) is 4.53. The molecular formula is C22H21NO. The molecule has 0 spiro atoms. The summed E-state index contributed by atoms with van der Waals surface area (Å²) in [5, 5.41) is 4.28. The smallest absolute Gasteiger partial charge is 0.167 e. The Balaban J connectivity index is 1.69. The van der Waals surface area contributed by atoms with Gasteiger partial charge in [-0.05, 0) is 35.6 Å². The second-order valence-electron chi connectivity index (χ2n) is 6.86. The van der Waals surface area contributed by atoms with Gasteiger partial charge in [0, 0.05) is 23.1 Å². The summed E-state index contributed by atoms with van der Waals surface area (Å²) in [5.74, 6) is 1.96. The van der Waals surface area contributed by atoms with Crippen molar-refractivity contribution in [3.63, 3.8) is 0 Å². The summed E-state index contributed by atoms with van der Waals surface area (Å²) < 4.78 is 5.60. The highest BCUT2D eigenvalue weighted by Crippen LogP contribution is 2.37. The fraction of sp³-hybridized carbons (Fsp3) is 0.227. The SMILES string of the molecule is Cc1ccccc1-c1cc(-c2ccc3c(c2)C=CC3C(C)C)no1. The van der Waals surface area contributed by atoms with Crippen LogP contribution in [-0.4, -0.2) is 5.16 Å². The zero-order valence-electron chi connectivity index (χ0n) is 14.3. The molecule has 1 heterocycles. The van der Waals surface area contributed by atoms with Gasteiger partial charge in [0.05, 0.1) is 0 Å². The van der Waals surface area contributed by atoms with Crippen molar-refractivity contribution in [2.45, 2.75) is 26.7 Å². The van der Waals surface area contributed by atoms with E-state index in [1.165, 1.54) is 16.7 Å². The molecule has 0 amide bonds. The maximum atomic E-state index is 5.60. The first-order chi connectivity index (χ1) is 11.6. The number of aromatic nitrogens is 1. The lowest BCUT2D eigenvalue weighted by Gasteiger charge is -2.15. The van der Waals surface area contributed by atoms with Crippen LogP contribution in [0.1, 0.15) is 36.5 Å². The van der Waals surface area contributed by atoms with Gasteiger partial charge >= 0.3 is 0 Å². The molecule has 120 valence electrons. The third kappa shape index (κ3) is 2.48. The molecule has 0 aliphatic heterocycles. The normalized spacial score (nSPS) is 15.9. The summed E-state index contributed by atoms with van der Waals surface area (Å²) in [6, 6.07) is 16.8. The molecule has 1 unspecified atom stereocenters. The van der Waals surface area contributed by atoms with Gasteiger partial charge in [-0.25, -0.2) is 0 Å². The summed E-state index contributed by atoms with van der Waals surface area (Å²) in [7, 11) is 0. The van der Waals surface area contributed by atoms with Gasteiger partial charge in [0.1, 0.15) is 5.69 Å². The standard InChI is InChI=1S/C22H21NO/c1-14(2)18-10-8-16-12-17(9-11-20(16)18)21-13-22(24-23-21)19-7-5-4-6-15(19)3/h4-14,18H,1-3H3. The summed E-state index contributed by atoms with van der Waals surface area (Å²) in [6.45, 7) is 6.62. The minimum absolute atomic E-state index is 0.522. The van der Waals surface area contributed by atoms with E-state index in [2.05, 4.69) is 68.4 Å². The second kappa shape index (κ2) is 5.79. The van der Waals surface area contributed by atoms with Crippen molar-refractivity contribution in [2.75, 3.05) is 0 Å². The van der Waals surface area contributed by atoms with E-state index in [0.29, 0.717) is 11.8 Å². The first kappa shape index (κ1) is 14.9. The van der Waals surface area contributed by atoms with Gasteiger partial charge in [0.2, 0.25) is 0 Å². The molecule has 0 radical (unpaired) electrons. The van der Waals surface area contributed by atoms with Crippen LogP contribution in [0.15, 0.2) is 59.1 Å². The topological polar surface area (TPSA) is 26.0 Å². The molecule has 0 bridgehead atoms. The van der Waals surface area contributed by atoms with E-state index in [0.717, 1.165) is 22.6 Å². The highest BCUT2D eigenvalue weighted by molar-refractivity contribution is 5.73. The van der Waals surface area contributed by atoms with Crippen LogP contribution < -0.4 is 0 Å². The number of hydrogen-bond donors (Lipinski definition) is 0. The summed E-state index contributed by atoms with van der Waals surface area (Å²) >= 11 is 0. The van der Waals surface area contributed by atoms with E-state index in [-0.39, 0.29) is 0 Å². The molecule has 3 aromatic rings. The number of aryl methyl sites for hydroxylation is 1. The van der Waals surface area contributed by atoms with Gasteiger partial charge in [0.15, 0.2) is 5.76 Å². The molecule has 0 saturated carbocycles. The molecule has 1 aliphatic carbocycles. The highest BCUT2D eigenvalue weighted by Gasteiger charge is 2.21. The largest absolute Gasteiger partial charge is 0.356 e. The van der Waals surface area contributed by atoms with Crippen molar-refractivity contribution in [3.8, 4) is 22.6 Å². The molecule has 24 heavy (non-hydrogen) atoms. The van der Waals surface area contributed by atoms with Crippen molar-refractivity contribution in [3.05, 3.63) is 71.3 Å². The Kier molecular flexibility index (Phi) is 3.61. The minimum atomic E-state index is 0.522. The number of fused-ring (bicyclic) bond motifs is 1. The number of benzene rings is 2. The van der Waals surface area contributed by atoms with Gasteiger partial charge in [0.25, 0.3) is 0 Å². The molecule has 0 fully saturated rings. The number of rotatable bonds is 3. The Morgan fingerprint density at radius 3 is 2.67 bits per heavy atom. The monoisotopic (exact) mass is 315 g/mol. The van der Waals surface area contributed by atoms with Gasteiger partial charge in [-0.3, -0.25) is 0 Å².